The van der Waals surface area contributed by atoms with E-state index < -0.39 is 10.0 Å². The van der Waals surface area contributed by atoms with Crippen molar-refractivity contribution < 1.29 is 13.2 Å². The monoisotopic (exact) mass is 405 g/mol. The highest BCUT2D eigenvalue weighted by molar-refractivity contribution is 7.92. The van der Waals surface area contributed by atoms with Gasteiger partial charge in [-0.2, -0.15) is 0 Å². The number of nitrogens with zero attached hydrogens (tertiary/aromatic N) is 1. The third-order valence-corrected chi connectivity index (χ3v) is 6.31. The molecule has 0 heterocycles. The Morgan fingerprint density at radius 1 is 0.828 bits per heavy atom. The van der Waals surface area contributed by atoms with Crippen molar-refractivity contribution in [1.82, 2.24) is 0 Å². The summed E-state index contributed by atoms with van der Waals surface area (Å²) in [5.41, 5.74) is 3.69. The highest BCUT2D eigenvalue weighted by Gasteiger charge is 2.24. The van der Waals surface area contributed by atoms with Crippen LogP contribution in [0.4, 0.5) is 5.69 Å². The minimum atomic E-state index is -3.80. The van der Waals surface area contributed by atoms with E-state index in [0.29, 0.717) is 11.3 Å². The molecule has 0 atom stereocenters. The number of rotatable bonds is 7. The molecule has 3 rings (SSSR count). The molecule has 0 radical (unpaired) electrons. The molecule has 0 amide bonds. The molecule has 0 N–H and O–H groups in total. The SMILES string of the molecule is Cc1ccc(S(=O)(=O)N(CC=Cc2ccccc2)c2cc(C)cc(C=O)c2)cc1. The van der Waals surface area contributed by atoms with E-state index in [0.717, 1.165) is 23.0 Å². The Balaban J connectivity index is 2.03. The lowest BCUT2D eigenvalue weighted by Crippen LogP contribution is -2.31. The van der Waals surface area contributed by atoms with Gasteiger partial charge in [0.25, 0.3) is 10.0 Å². The molecule has 0 saturated heterocycles. The quantitative estimate of drug-likeness (QED) is 0.518. The van der Waals surface area contributed by atoms with Crippen molar-refractivity contribution in [2.45, 2.75) is 18.7 Å². The van der Waals surface area contributed by atoms with E-state index in [2.05, 4.69) is 0 Å². The summed E-state index contributed by atoms with van der Waals surface area (Å²) in [7, 11) is -3.80. The van der Waals surface area contributed by atoms with Gasteiger partial charge in [-0.05, 0) is 55.3 Å². The van der Waals surface area contributed by atoms with Crippen LogP contribution >= 0.6 is 0 Å². The molecule has 0 bridgehead atoms. The summed E-state index contributed by atoms with van der Waals surface area (Å²) in [6, 6.07) is 21.6. The zero-order chi connectivity index (χ0) is 20.9. The molecule has 0 aliphatic carbocycles. The summed E-state index contributed by atoms with van der Waals surface area (Å²) in [6.07, 6.45) is 4.42. The predicted octanol–water partition coefficient (Wildman–Crippen LogP) is 5.02. The van der Waals surface area contributed by atoms with Gasteiger partial charge >= 0.3 is 0 Å². The molecule has 0 unspecified atom stereocenters. The summed E-state index contributed by atoms with van der Waals surface area (Å²) in [5, 5.41) is 0. The maximum absolute atomic E-state index is 13.4. The number of anilines is 1. The molecule has 3 aromatic rings. The van der Waals surface area contributed by atoms with Crippen molar-refractivity contribution in [3.05, 3.63) is 101 Å². The molecule has 0 aromatic heterocycles. The number of hydrogen-bond acceptors (Lipinski definition) is 3. The Labute approximate surface area is 172 Å². The fourth-order valence-corrected chi connectivity index (χ4v) is 4.43. The standard InChI is InChI=1S/C24H23NO3S/c1-19-10-12-24(13-11-19)29(27,28)25(14-6-9-21-7-4-3-5-8-21)23-16-20(2)15-22(17-23)18-26/h3-13,15-18H,14H2,1-2H3. The number of aldehydes is 1. The number of aryl methyl sites for hydroxylation is 2. The Bertz CT molecular complexity index is 1120. The van der Waals surface area contributed by atoms with Crippen LogP contribution in [0.2, 0.25) is 0 Å². The largest absolute Gasteiger partial charge is 0.298 e. The lowest BCUT2D eigenvalue weighted by Gasteiger charge is -2.24. The van der Waals surface area contributed by atoms with E-state index in [9.17, 15) is 13.2 Å². The van der Waals surface area contributed by atoms with Crippen molar-refractivity contribution in [3.63, 3.8) is 0 Å². The van der Waals surface area contributed by atoms with Crippen LogP contribution in [0.3, 0.4) is 0 Å². The van der Waals surface area contributed by atoms with Crippen molar-refractivity contribution >= 4 is 28.1 Å². The summed E-state index contributed by atoms with van der Waals surface area (Å²) < 4.78 is 28.1. The highest BCUT2D eigenvalue weighted by atomic mass is 32.2. The molecule has 3 aromatic carbocycles. The van der Waals surface area contributed by atoms with Crippen LogP contribution in [0.25, 0.3) is 6.08 Å². The first-order valence-electron chi connectivity index (χ1n) is 9.28. The first-order chi connectivity index (χ1) is 13.9. The molecule has 0 spiro atoms. The van der Waals surface area contributed by atoms with Gasteiger partial charge < -0.3 is 0 Å². The topological polar surface area (TPSA) is 54.5 Å². The summed E-state index contributed by atoms with van der Waals surface area (Å²) in [6.45, 7) is 3.90. The molecular formula is C24H23NO3S. The number of sulfonamides is 1. The zero-order valence-electron chi connectivity index (χ0n) is 16.4. The lowest BCUT2D eigenvalue weighted by molar-refractivity contribution is 0.112. The summed E-state index contributed by atoms with van der Waals surface area (Å²) in [5.74, 6) is 0. The first-order valence-corrected chi connectivity index (χ1v) is 10.7. The molecule has 148 valence electrons. The van der Waals surface area contributed by atoms with E-state index >= 15 is 0 Å². The van der Waals surface area contributed by atoms with Crippen LogP contribution in [0.5, 0.6) is 0 Å². The molecule has 0 aliphatic rings. The Hall–Kier alpha value is -3.18. The number of hydrogen-bond donors (Lipinski definition) is 0. The maximum atomic E-state index is 13.4. The number of carbonyl (C=O) groups is 1. The normalized spacial score (nSPS) is 11.5. The van der Waals surface area contributed by atoms with Gasteiger partial charge in [-0.3, -0.25) is 9.10 Å². The van der Waals surface area contributed by atoms with Crippen molar-refractivity contribution in [2.24, 2.45) is 0 Å². The van der Waals surface area contributed by atoms with Crippen LogP contribution < -0.4 is 4.31 Å². The van der Waals surface area contributed by atoms with Gasteiger partial charge in [0, 0.05) is 5.56 Å². The molecule has 4 nitrogen and oxygen atoms in total. The molecule has 0 aliphatic heterocycles. The van der Waals surface area contributed by atoms with Gasteiger partial charge in [0.15, 0.2) is 0 Å². The van der Waals surface area contributed by atoms with Crippen molar-refractivity contribution in [2.75, 3.05) is 10.8 Å². The summed E-state index contributed by atoms with van der Waals surface area (Å²) in [4.78, 5) is 11.5. The Morgan fingerprint density at radius 2 is 1.52 bits per heavy atom. The molecule has 0 saturated carbocycles. The third-order valence-electron chi connectivity index (χ3n) is 4.50. The second kappa shape index (κ2) is 8.88. The maximum Gasteiger partial charge on any atom is 0.264 e. The second-order valence-electron chi connectivity index (χ2n) is 6.88. The molecule has 0 fully saturated rings. The van der Waals surface area contributed by atoms with Gasteiger partial charge in [0.1, 0.15) is 6.29 Å². The van der Waals surface area contributed by atoms with E-state index in [4.69, 9.17) is 0 Å². The number of benzene rings is 3. The molecule has 5 heteroatoms. The van der Waals surface area contributed by atoms with Gasteiger partial charge in [-0.15, -0.1) is 0 Å². The fraction of sp³-hybridized carbons (Fsp3) is 0.125. The van der Waals surface area contributed by atoms with Crippen LogP contribution in [0.15, 0.2) is 83.8 Å². The van der Waals surface area contributed by atoms with Crippen LogP contribution in [-0.4, -0.2) is 21.2 Å². The van der Waals surface area contributed by atoms with Gasteiger partial charge in [0.05, 0.1) is 17.1 Å². The second-order valence-corrected chi connectivity index (χ2v) is 8.74. The van der Waals surface area contributed by atoms with Crippen molar-refractivity contribution in [3.8, 4) is 0 Å². The third kappa shape index (κ3) is 5.00. The number of carbonyl (C=O) groups excluding carboxylic acids is 1. The zero-order valence-corrected chi connectivity index (χ0v) is 17.3. The van der Waals surface area contributed by atoms with E-state index in [1.54, 1.807) is 42.5 Å². The van der Waals surface area contributed by atoms with Gasteiger partial charge in [0.2, 0.25) is 0 Å². The van der Waals surface area contributed by atoms with Crippen LogP contribution in [0.1, 0.15) is 27.0 Å². The van der Waals surface area contributed by atoms with Gasteiger partial charge in [-0.1, -0.05) is 60.2 Å². The molecular weight excluding hydrogens is 382 g/mol. The fourth-order valence-electron chi connectivity index (χ4n) is 3.03. The van der Waals surface area contributed by atoms with E-state index in [1.165, 1.54) is 4.31 Å². The Morgan fingerprint density at radius 3 is 2.17 bits per heavy atom. The van der Waals surface area contributed by atoms with Crippen LogP contribution in [-0.2, 0) is 10.0 Å². The molecule has 29 heavy (non-hydrogen) atoms. The Kier molecular flexibility index (Phi) is 6.29. The average molecular weight is 406 g/mol. The van der Waals surface area contributed by atoms with E-state index in [-0.39, 0.29) is 11.4 Å². The minimum absolute atomic E-state index is 0.146. The lowest BCUT2D eigenvalue weighted by atomic mass is 10.1. The van der Waals surface area contributed by atoms with Crippen molar-refractivity contribution in [1.29, 1.82) is 0 Å². The van der Waals surface area contributed by atoms with Crippen LogP contribution in [0, 0.1) is 13.8 Å². The van der Waals surface area contributed by atoms with Gasteiger partial charge in [-0.25, -0.2) is 8.42 Å². The highest BCUT2D eigenvalue weighted by Crippen LogP contribution is 2.26. The summed E-state index contributed by atoms with van der Waals surface area (Å²) >= 11 is 0. The smallest absolute Gasteiger partial charge is 0.264 e. The predicted molar refractivity (Wildman–Crippen MR) is 118 cm³/mol. The van der Waals surface area contributed by atoms with E-state index in [1.807, 2.05) is 56.3 Å². The minimum Gasteiger partial charge on any atom is -0.298 e. The average Bonchev–Trinajstić information content (AvgIpc) is 2.71. The first kappa shape index (κ1) is 20.6.